The summed E-state index contributed by atoms with van der Waals surface area (Å²) in [6.07, 6.45) is 1.36. The number of carbonyl (C=O) groups excluding carboxylic acids is 3. The number of amides is 3. The van der Waals surface area contributed by atoms with E-state index >= 15 is 0 Å². The Labute approximate surface area is 101 Å². The molecule has 0 aliphatic carbocycles. The fourth-order valence-corrected chi connectivity index (χ4v) is 1.78. The van der Waals surface area contributed by atoms with Crippen LogP contribution in [-0.2, 0) is 9.59 Å². The van der Waals surface area contributed by atoms with Crippen LogP contribution in [0.4, 0.5) is 4.79 Å². The standard InChI is InChI=1S/C11H19N3O3/c1-3-12-11(17)13-10(16)8(2)14-6-4-5-9(15)7-14/h8H,3-7H2,1-2H3,(H2,12,13,16,17). The highest BCUT2D eigenvalue weighted by Crippen LogP contribution is 2.09. The summed E-state index contributed by atoms with van der Waals surface area (Å²) in [5.74, 6) is -0.223. The van der Waals surface area contributed by atoms with Crippen LogP contribution in [-0.4, -0.2) is 48.3 Å². The molecule has 1 saturated heterocycles. The molecule has 17 heavy (non-hydrogen) atoms. The third-order valence-electron chi connectivity index (χ3n) is 2.78. The van der Waals surface area contributed by atoms with Gasteiger partial charge in [-0.1, -0.05) is 0 Å². The van der Waals surface area contributed by atoms with Gasteiger partial charge in [0.05, 0.1) is 12.6 Å². The van der Waals surface area contributed by atoms with Crippen LogP contribution in [0.2, 0.25) is 0 Å². The van der Waals surface area contributed by atoms with Crippen molar-refractivity contribution in [2.45, 2.75) is 32.7 Å². The molecule has 1 atom stereocenters. The van der Waals surface area contributed by atoms with Crippen LogP contribution in [0.25, 0.3) is 0 Å². The van der Waals surface area contributed by atoms with E-state index in [1.165, 1.54) is 0 Å². The third kappa shape index (κ3) is 4.14. The molecule has 2 N–H and O–H groups in total. The van der Waals surface area contributed by atoms with Gasteiger partial charge < -0.3 is 5.32 Å². The van der Waals surface area contributed by atoms with Gasteiger partial charge in [0.15, 0.2) is 0 Å². The van der Waals surface area contributed by atoms with E-state index in [2.05, 4.69) is 10.6 Å². The molecule has 0 saturated carbocycles. The Bertz CT molecular complexity index is 317. The molecule has 0 bridgehead atoms. The summed E-state index contributed by atoms with van der Waals surface area (Å²) < 4.78 is 0. The van der Waals surface area contributed by atoms with Crippen molar-refractivity contribution in [3.05, 3.63) is 0 Å². The number of nitrogens with one attached hydrogen (secondary N) is 2. The highest BCUT2D eigenvalue weighted by atomic mass is 16.2. The summed E-state index contributed by atoms with van der Waals surface area (Å²) >= 11 is 0. The van der Waals surface area contributed by atoms with Gasteiger partial charge in [-0.15, -0.1) is 0 Å². The zero-order chi connectivity index (χ0) is 12.8. The second kappa shape index (κ2) is 6.34. The largest absolute Gasteiger partial charge is 0.338 e. The molecule has 0 spiro atoms. The lowest BCUT2D eigenvalue weighted by Gasteiger charge is -2.30. The Morgan fingerprint density at radius 2 is 2.18 bits per heavy atom. The summed E-state index contributed by atoms with van der Waals surface area (Å²) in [6.45, 7) is 4.96. The second-order valence-electron chi connectivity index (χ2n) is 4.14. The number of nitrogens with zero attached hydrogens (tertiary/aromatic N) is 1. The van der Waals surface area contributed by atoms with Crippen LogP contribution in [0.1, 0.15) is 26.7 Å². The Hall–Kier alpha value is -1.43. The van der Waals surface area contributed by atoms with E-state index in [0.29, 0.717) is 19.5 Å². The van der Waals surface area contributed by atoms with E-state index in [-0.39, 0.29) is 11.7 Å². The number of carbonyl (C=O) groups is 3. The molecular formula is C11H19N3O3. The fourth-order valence-electron chi connectivity index (χ4n) is 1.78. The zero-order valence-corrected chi connectivity index (χ0v) is 10.3. The number of piperidine rings is 1. The van der Waals surface area contributed by atoms with Crippen LogP contribution in [0.15, 0.2) is 0 Å². The Morgan fingerprint density at radius 3 is 2.76 bits per heavy atom. The van der Waals surface area contributed by atoms with Gasteiger partial charge in [-0.05, 0) is 26.8 Å². The first-order chi connectivity index (χ1) is 8.04. The molecule has 0 aromatic carbocycles. The smallest absolute Gasteiger partial charge is 0.321 e. The summed E-state index contributed by atoms with van der Waals surface area (Å²) in [7, 11) is 0. The van der Waals surface area contributed by atoms with Crippen LogP contribution in [0.5, 0.6) is 0 Å². The lowest BCUT2D eigenvalue weighted by molar-refractivity contribution is -0.128. The fraction of sp³-hybridized carbons (Fsp3) is 0.727. The molecule has 1 unspecified atom stereocenters. The Kier molecular flexibility index (Phi) is 5.09. The molecule has 0 aromatic rings. The molecule has 6 heteroatoms. The normalized spacial score (nSPS) is 18.6. The predicted molar refractivity (Wildman–Crippen MR) is 62.5 cm³/mol. The van der Waals surface area contributed by atoms with Crippen molar-refractivity contribution in [1.29, 1.82) is 0 Å². The number of likely N-dealkylation sites (tertiary alicyclic amines) is 1. The number of hydrogen-bond donors (Lipinski definition) is 2. The van der Waals surface area contributed by atoms with Crippen molar-refractivity contribution in [1.82, 2.24) is 15.5 Å². The van der Waals surface area contributed by atoms with Gasteiger partial charge in [-0.3, -0.25) is 19.8 Å². The minimum Gasteiger partial charge on any atom is -0.338 e. The first-order valence-corrected chi connectivity index (χ1v) is 5.89. The minimum atomic E-state index is -0.493. The summed E-state index contributed by atoms with van der Waals surface area (Å²) in [4.78, 5) is 36.0. The lowest BCUT2D eigenvalue weighted by Crippen LogP contribution is -2.52. The molecule has 3 amide bonds. The van der Waals surface area contributed by atoms with Crippen molar-refractivity contribution < 1.29 is 14.4 Å². The maximum absolute atomic E-state index is 11.7. The van der Waals surface area contributed by atoms with Gasteiger partial charge in [0.1, 0.15) is 5.78 Å². The van der Waals surface area contributed by atoms with Gasteiger partial charge >= 0.3 is 6.03 Å². The molecule has 6 nitrogen and oxygen atoms in total. The molecule has 0 radical (unpaired) electrons. The lowest BCUT2D eigenvalue weighted by atomic mass is 10.1. The Balaban J connectivity index is 2.45. The topological polar surface area (TPSA) is 78.5 Å². The number of imide groups is 1. The SMILES string of the molecule is CCNC(=O)NC(=O)C(C)N1CCCC(=O)C1. The predicted octanol–water partition coefficient (Wildman–Crippen LogP) is -0.114. The van der Waals surface area contributed by atoms with Crippen molar-refractivity contribution in [3.63, 3.8) is 0 Å². The van der Waals surface area contributed by atoms with Crippen LogP contribution < -0.4 is 10.6 Å². The molecule has 1 heterocycles. The highest BCUT2D eigenvalue weighted by molar-refractivity contribution is 5.97. The number of Topliss-reactive ketones (excluding diaryl/α,β-unsaturated/α-hetero) is 1. The Morgan fingerprint density at radius 1 is 1.47 bits per heavy atom. The van der Waals surface area contributed by atoms with Gasteiger partial charge in [0, 0.05) is 13.0 Å². The molecule has 1 rings (SSSR count). The second-order valence-corrected chi connectivity index (χ2v) is 4.14. The number of hydrogen-bond acceptors (Lipinski definition) is 4. The van der Waals surface area contributed by atoms with Crippen molar-refractivity contribution >= 4 is 17.7 Å². The van der Waals surface area contributed by atoms with Crippen LogP contribution in [0.3, 0.4) is 0 Å². The van der Waals surface area contributed by atoms with Gasteiger partial charge in [-0.25, -0.2) is 4.79 Å². The summed E-state index contributed by atoms with van der Waals surface area (Å²) in [5, 5.41) is 4.74. The third-order valence-corrected chi connectivity index (χ3v) is 2.78. The molecule has 96 valence electrons. The number of rotatable bonds is 3. The highest BCUT2D eigenvalue weighted by Gasteiger charge is 2.26. The maximum Gasteiger partial charge on any atom is 0.321 e. The van der Waals surface area contributed by atoms with Crippen molar-refractivity contribution in [3.8, 4) is 0 Å². The first-order valence-electron chi connectivity index (χ1n) is 5.89. The monoisotopic (exact) mass is 241 g/mol. The van der Waals surface area contributed by atoms with Crippen molar-refractivity contribution in [2.75, 3.05) is 19.6 Å². The molecule has 1 aliphatic heterocycles. The van der Waals surface area contributed by atoms with E-state index in [9.17, 15) is 14.4 Å². The van der Waals surface area contributed by atoms with Gasteiger partial charge in [-0.2, -0.15) is 0 Å². The van der Waals surface area contributed by atoms with Crippen LogP contribution >= 0.6 is 0 Å². The first kappa shape index (κ1) is 13.6. The minimum absolute atomic E-state index is 0.147. The average Bonchev–Trinajstić information content (AvgIpc) is 2.28. The van der Waals surface area contributed by atoms with E-state index in [1.807, 2.05) is 0 Å². The maximum atomic E-state index is 11.7. The van der Waals surface area contributed by atoms with Crippen molar-refractivity contribution in [2.24, 2.45) is 0 Å². The van der Waals surface area contributed by atoms with Gasteiger partial charge in [0.2, 0.25) is 5.91 Å². The zero-order valence-electron chi connectivity index (χ0n) is 10.3. The molecule has 1 fully saturated rings. The quantitative estimate of drug-likeness (QED) is 0.722. The van der Waals surface area contributed by atoms with Crippen LogP contribution in [0, 0.1) is 0 Å². The van der Waals surface area contributed by atoms with E-state index in [0.717, 1.165) is 13.0 Å². The van der Waals surface area contributed by atoms with E-state index in [1.54, 1.807) is 18.7 Å². The summed E-state index contributed by atoms with van der Waals surface area (Å²) in [6, 6.07) is -0.949. The number of urea groups is 1. The number of ketones is 1. The van der Waals surface area contributed by atoms with E-state index in [4.69, 9.17) is 0 Å². The molecular weight excluding hydrogens is 222 g/mol. The average molecular weight is 241 g/mol. The summed E-state index contributed by atoms with van der Waals surface area (Å²) in [5.41, 5.74) is 0. The van der Waals surface area contributed by atoms with E-state index < -0.39 is 12.1 Å². The van der Waals surface area contributed by atoms with Gasteiger partial charge in [0.25, 0.3) is 0 Å². The molecule has 1 aliphatic rings. The molecule has 0 aromatic heterocycles.